The van der Waals surface area contributed by atoms with Crippen LogP contribution in [0.3, 0.4) is 0 Å². The Bertz CT molecular complexity index is 1120. The van der Waals surface area contributed by atoms with Crippen LogP contribution in [0, 0.1) is 6.92 Å². The van der Waals surface area contributed by atoms with E-state index in [0.29, 0.717) is 11.6 Å². The Balaban J connectivity index is 1.78. The summed E-state index contributed by atoms with van der Waals surface area (Å²) in [6, 6.07) is 24.8. The SMILES string of the molecule is Cc1ccc2nc(N=Nc3ccccc3)c(N=Nc3ccccc3)nc2c1. The maximum absolute atomic E-state index is 4.59. The molecule has 0 unspecified atom stereocenters. The van der Waals surface area contributed by atoms with Gasteiger partial charge in [-0.25, -0.2) is 9.97 Å². The molecule has 0 aliphatic heterocycles. The highest BCUT2D eigenvalue weighted by atomic mass is 15.2. The summed E-state index contributed by atoms with van der Waals surface area (Å²) in [7, 11) is 0. The standard InChI is InChI=1S/C21H16N6/c1-15-12-13-18-19(14-15)23-21(27-25-17-10-6-3-7-11-17)20(22-18)26-24-16-8-4-2-5-9-16/h2-14H,1H3. The Hall–Kier alpha value is -3.80. The van der Waals surface area contributed by atoms with Gasteiger partial charge in [-0.3, -0.25) is 0 Å². The Kier molecular flexibility index (Phi) is 4.70. The van der Waals surface area contributed by atoms with E-state index in [0.717, 1.165) is 28.0 Å². The molecule has 4 rings (SSSR count). The van der Waals surface area contributed by atoms with Crippen LogP contribution in [0.25, 0.3) is 11.0 Å². The molecule has 0 fully saturated rings. The fraction of sp³-hybridized carbons (Fsp3) is 0.0476. The molecule has 1 aromatic heterocycles. The molecule has 0 spiro atoms. The summed E-state index contributed by atoms with van der Waals surface area (Å²) in [5, 5.41) is 17.0. The smallest absolute Gasteiger partial charge is 0.222 e. The molecular weight excluding hydrogens is 336 g/mol. The van der Waals surface area contributed by atoms with Crippen molar-refractivity contribution in [3.05, 3.63) is 84.4 Å². The summed E-state index contributed by atoms with van der Waals surface area (Å²) in [4.78, 5) is 9.15. The summed E-state index contributed by atoms with van der Waals surface area (Å²) in [6.45, 7) is 2.01. The highest BCUT2D eigenvalue weighted by molar-refractivity contribution is 5.79. The van der Waals surface area contributed by atoms with Gasteiger partial charge in [0.15, 0.2) is 0 Å². The van der Waals surface area contributed by atoms with E-state index in [1.807, 2.05) is 85.8 Å². The van der Waals surface area contributed by atoms with Crippen LogP contribution in [-0.4, -0.2) is 9.97 Å². The summed E-state index contributed by atoms with van der Waals surface area (Å²) in [5.41, 5.74) is 4.04. The Labute approximate surface area is 156 Å². The van der Waals surface area contributed by atoms with Crippen molar-refractivity contribution in [2.45, 2.75) is 6.92 Å². The van der Waals surface area contributed by atoms with Crippen LogP contribution < -0.4 is 0 Å². The largest absolute Gasteiger partial charge is 0.222 e. The second kappa shape index (κ2) is 7.61. The minimum Gasteiger partial charge on any atom is -0.222 e. The second-order valence-corrected chi connectivity index (χ2v) is 5.93. The zero-order valence-electron chi connectivity index (χ0n) is 14.7. The molecule has 0 saturated heterocycles. The second-order valence-electron chi connectivity index (χ2n) is 5.93. The Morgan fingerprint density at radius 1 is 0.556 bits per heavy atom. The lowest BCUT2D eigenvalue weighted by Gasteiger charge is -2.02. The third-order valence-corrected chi connectivity index (χ3v) is 3.82. The van der Waals surface area contributed by atoms with Gasteiger partial charge in [-0.15, -0.1) is 20.5 Å². The zero-order valence-corrected chi connectivity index (χ0v) is 14.7. The number of aromatic nitrogens is 2. The minimum atomic E-state index is 0.329. The van der Waals surface area contributed by atoms with E-state index in [4.69, 9.17) is 0 Å². The number of fused-ring (bicyclic) bond motifs is 1. The summed E-state index contributed by atoms with van der Waals surface area (Å²) in [5.74, 6) is 0.659. The van der Waals surface area contributed by atoms with Crippen LogP contribution in [0.4, 0.5) is 23.0 Å². The average Bonchev–Trinajstić information content (AvgIpc) is 2.72. The van der Waals surface area contributed by atoms with Crippen LogP contribution in [0.2, 0.25) is 0 Å². The monoisotopic (exact) mass is 352 g/mol. The molecule has 6 nitrogen and oxygen atoms in total. The van der Waals surface area contributed by atoms with Crippen molar-refractivity contribution in [1.29, 1.82) is 0 Å². The van der Waals surface area contributed by atoms with Gasteiger partial charge in [-0.05, 0) is 48.9 Å². The van der Waals surface area contributed by atoms with Crippen LogP contribution in [-0.2, 0) is 0 Å². The van der Waals surface area contributed by atoms with Crippen LogP contribution in [0.15, 0.2) is 99.3 Å². The number of aryl methyl sites for hydroxylation is 1. The Morgan fingerprint density at radius 3 is 1.63 bits per heavy atom. The van der Waals surface area contributed by atoms with E-state index in [-0.39, 0.29) is 0 Å². The van der Waals surface area contributed by atoms with E-state index in [9.17, 15) is 0 Å². The molecule has 0 bridgehead atoms. The fourth-order valence-corrected chi connectivity index (χ4v) is 2.48. The van der Waals surface area contributed by atoms with Gasteiger partial charge < -0.3 is 0 Å². The van der Waals surface area contributed by atoms with Crippen molar-refractivity contribution < 1.29 is 0 Å². The Morgan fingerprint density at radius 2 is 1.07 bits per heavy atom. The fourth-order valence-electron chi connectivity index (χ4n) is 2.48. The number of nitrogens with zero attached hydrogens (tertiary/aromatic N) is 6. The molecular formula is C21H16N6. The first-order chi connectivity index (χ1) is 13.3. The molecule has 0 atom stereocenters. The first-order valence-corrected chi connectivity index (χ1v) is 8.50. The maximum Gasteiger partial charge on any atom is 0.222 e. The first-order valence-electron chi connectivity index (χ1n) is 8.50. The molecule has 0 amide bonds. The van der Waals surface area contributed by atoms with Crippen LogP contribution in [0.1, 0.15) is 5.56 Å². The van der Waals surface area contributed by atoms with Gasteiger partial charge in [0.1, 0.15) is 0 Å². The van der Waals surface area contributed by atoms with Crippen molar-refractivity contribution in [2.24, 2.45) is 20.5 Å². The average molecular weight is 352 g/mol. The quantitative estimate of drug-likeness (QED) is 0.380. The van der Waals surface area contributed by atoms with Crippen molar-refractivity contribution in [3.8, 4) is 0 Å². The highest BCUT2D eigenvalue weighted by Crippen LogP contribution is 2.30. The lowest BCUT2D eigenvalue weighted by Crippen LogP contribution is -1.86. The van der Waals surface area contributed by atoms with Gasteiger partial charge in [-0.1, -0.05) is 42.5 Å². The van der Waals surface area contributed by atoms with Crippen molar-refractivity contribution in [2.75, 3.05) is 0 Å². The van der Waals surface area contributed by atoms with E-state index < -0.39 is 0 Å². The first kappa shape index (κ1) is 16.7. The summed E-state index contributed by atoms with van der Waals surface area (Å²) >= 11 is 0. The molecule has 4 aromatic rings. The number of rotatable bonds is 4. The van der Waals surface area contributed by atoms with Gasteiger partial charge in [0, 0.05) is 0 Å². The molecule has 1 heterocycles. The molecule has 0 saturated carbocycles. The maximum atomic E-state index is 4.59. The van der Waals surface area contributed by atoms with E-state index >= 15 is 0 Å². The van der Waals surface area contributed by atoms with Crippen molar-refractivity contribution in [3.63, 3.8) is 0 Å². The number of azo groups is 2. The highest BCUT2D eigenvalue weighted by Gasteiger charge is 2.09. The lowest BCUT2D eigenvalue weighted by molar-refractivity contribution is 1.10. The van der Waals surface area contributed by atoms with E-state index in [1.54, 1.807) is 0 Å². The molecule has 130 valence electrons. The molecule has 27 heavy (non-hydrogen) atoms. The zero-order chi connectivity index (χ0) is 18.5. The van der Waals surface area contributed by atoms with Crippen molar-refractivity contribution >= 4 is 34.0 Å². The van der Waals surface area contributed by atoms with Gasteiger partial charge in [-0.2, -0.15) is 0 Å². The molecule has 0 radical (unpaired) electrons. The summed E-state index contributed by atoms with van der Waals surface area (Å²) in [6.07, 6.45) is 0. The van der Waals surface area contributed by atoms with Crippen molar-refractivity contribution in [1.82, 2.24) is 9.97 Å². The number of hydrogen-bond donors (Lipinski definition) is 0. The van der Waals surface area contributed by atoms with E-state index in [1.165, 1.54) is 0 Å². The molecule has 0 aliphatic carbocycles. The van der Waals surface area contributed by atoms with Crippen LogP contribution in [0.5, 0.6) is 0 Å². The van der Waals surface area contributed by atoms with Gasteiger partial charge >= 0.3 is 0 Å². The van der Waals surface area contributed by atoms with Gasteiger partial charge in [0.25, 0.3) is 0 Å². The topological polar surface area (TPSA) is 75.2 Å². The predicted octanol–water partition coefficient (Wildman–Crippen LogP) is 6.77. The lowest BCUT2D eigenvalue weighted by atomic mass is 10.2. The third-order valence-electron chi connectivity index (χ3n) is 3.82. The van der Waals surface area contributed by atoms with Crippen LogP contribution >= 0.6 is 0 Å². The molecule has 0 N–H and O–H groups in total. The minimum absolute atomic E-state index is 0.329. The summed E-state index contributed by atoms with van der Waals surface area (Å²) < 4.78 is 0. The normalized spacial score (nSPS) is 11.6. The molecule has 0 aliphatic rings. The van der Waals surface area contributed by atoms with Gasteiger partial charge in [0.2, 0.25) is 11.6 Å². The predicted molar refractivity (Wildman–Crippen MR) is 106 cm³/mol. The third kappa shape index (κ3) is 4.07. The molecule has 3 aromatic carbocycles. The van der Waals surface area contributed by atoms with Gasteiger partial charge in [0.05, 0.1) is 22.4 Å². The number of hydrogen-bond acceptors (Lipinski definition) is 6. The molecule has 6 heteroatoms. The van der Waals surface area contributed by atoms with E-state index in [2.05, 4.69) is 30.4 Å². The number of benzene rings is 3.